The minimum absolute atomic E-state index is 0.904. The highest BCUT2D eigenvalue weighted by Crippen LogP contribution is 2.30. The van der Waals surface area contributed by atoms with Gasteiger partial charge in [0.2, 0.25) is 0 Å². The summed E-state index contributed by atoms with van der Waals surface area (Å²) in [6.45, 7) is 4.65. The van der Waals surface area contributed by atoms with Crippen LogP contribution in [0.25, 0.3) is 10.9 Å². The molecule has 0 spiro atoms. The first kappa shape index (κ1) is 18.4. The molecule has 1 aromatic carbocycles. The first-order chi connectivity index (χ1) is 13.3. The van der Waals surface area contributed by atoms with E-state index in [1.165, 1.54) is 78.1 Å². The summed E-state index contributed by atoms with van der Waals surface area (Å²) >= 11 is 1.84. The lowest BCUT2D eigenvalue weighted by molar-refractivity contribution is 0.575. The molecule has 27 heavy (non-hydrogen) atoms. The van der Waals surface area contributed by atoms with Crippen LogP contribution in [0.5, 0.6) is 0 Å². The van der Waals surface area contributed by atoms with Gasteiger partial charge in [0, 0.05) is 41.6 Å². The number of aryl methyl sites for hydroxylation is 1. The van der Waals surface area contributed by atoms with Crippen LogP contribution in [0.1, 0.15) is 50.3 Å². The Morgan fingerprint density at radius 2 is 1.96 bits per heavy atom. The van der Waals surface area contributed by atoms with Crippen molar-refractivity contribution in [2.24, 2.45) is 0 Å². The molecule has 1 aliphatic heterocycles. The Labute approximate surface area is 166 Å². The van der Waals surface area contributed by atoms with Crippen LogP contribution in [0.15, 0.2) is 47.6 Å². The van der Waals surface area contributed by atoms with Gasteiger partial charge in [-0.25, -0.2) is 0 Å². The standard InChI is InChI=1S/C23H29N3S/c1-2-3-9-19-16-24-20(15-22(19)26-12-7-4-8-13-26)17-27-23-14-18-10-5-6-11-21(18)25-23/h5-6,10-11,14-16,25H,2-4,7-9,12-13,17H2,1H3. The molecule has 2 aromatic heterocycles. The lowest BCUT2D eigenvalue weighted by atomic mass is 10.0. The van der Waals surface area contributed by atoms with E-state index in [2.05, 4.69) is 59.4 Å². The van der Waals surface area contributed by atoms with E-state index in [0.29, 0.717) is 0 Å². The van der Waals surface area contributed by atoms with Crippen LogP contribution in [-0.2, 0) is 12.2 Å². The Morgan fingerprint density at radius 1 is 1.11 bits per heavy atom. The predicted molar refractivity (Wildman–Crippen MR) is 117 cm³/mol. The largest absolute Gasteiger partial charge is 0.371 e. The topological polar surface area (TPSA) is 31.9 Å². The van der Waals surface area contributed by atoms with E-state index < -0.39 is 0 Å². The quantitative estimate of drug-likeness (QED) is 0.497. The highest BCUT2D eigenvalue weighted by atomic mass is 32.2. The van der Waals surface area contributed by atoms with Crippen LogP contribution in [0.4, 0.5) is 5.69 Å². The molecule has 1 saturated heterocycles. The number of unbranched alkanes of at least 4 members (excludes halogenated alkanes) is 1. The van der Waals surface area contributed by atoms with E-state index >= 15 is 0 Å². The van der Waals surface area contributed by atoms with Gasteiger partial charge in [0.25, 0.3) is 0 Å². The molecule has 0 radical (unpaired) electrons. The summed E-state index contributed by atoms with van der Waals surface area (Å²) in [5.41, 5.74) is 5.25. The summed E-state index contributed by atoms with van der Waals surface area (Å²) in [6.07, 6.45) is 9.76. The molecule has 1 aliphatic rings. The van der Waals surface area contributed by atoms with Crippen LogP contribution < -0.4 is 4.90 Å². The lowest BCUT2D eigenvalue weighted by Crippen LogP contribution is -2.30. The number of H-pyrrole nitrogens is 1. The molecular weight excluding hydrogens is 350 g/mol. The summed E-state index contributed by atoms with van der Waals surface area (Å²) in [5, 5.41) is 2.49. The summed E-state index contributed by atoms with van der Waals surface area (Å²) in [6, 6.07) is 13.0. The van der Waals surface area contributed by atoms with E-state index in [-0.39, 0.29) is 0 Å². The zero-order valence-electron chi connectivity index (χ0n) is 16.2. The number of thioether (sulfide) groups is 1. The van der Waals surface area contributed by atoms with Crippen molar-refractivity contribution < 1.29 is 0 Å². The minimum atomic E-state index is 0.904. The van der Waals surface area contributed by atoms with Gasteiger partial charge in [-0.15, -0.1) is 11.8 Å². The Morgan fingerprint density at radius 3 is 2.78 bits per heavy atom. The highest BCUT2D eigenvalue weighted by molar-refractivity contribution is 7.98. The van der Waals surface area contributed by atoms with E-state index in [1.54, 1.807) is 0 Å². The summed E-state index contributed by atoms with van der Waals surface area (Å²) in [5.74, 6) is 0.904. The van der Waals surface area contributed by atoms with E-state index in [9.17, 15) is 0 Å². The number of hydrogen-bond donors (Lipinski definition) is 1. The molecule has 0 amide bonds. The fourth-order valence-corrected chi connectivity index (χ4v) is 4.71. The summed E-state index contributed by atoms with van der Waals surface area (Å²) < 4.78 is 0. The number of anilines is 1. The maximum Gasteiger partial charge on any atom is 0.0736 e. The van der Waals surface area contributed by atoms with Gasteiger partial charge < -0.3 is 9.88 Å². The molecule has 1 fully saturated rings. The summed E-state index contributed by atoms with van der Waals surface area (Å²) in [7, 11) is 0. The molecule has 3 heterocycles. The van der Waals surface area contributed by atoms with Gasteiger partial charge in [0.05, 0.1) is 10.7 Å². The van der Waals surface area contributed by atoms with Crippen molar-refractivity contribution in [1.82, 2.24) is 9.97 Å². The number of aromatic nitrogens is 2. The fraction of sp³-hybridized carbons (Fsp3) is 0.435. The second-order valence-corrected chi connectivity index (χ2v) is 8.48. The number of fused-ring (bicyclic) bond motifs is 1. The maximum absolute atomic E-state index is 4.79. The van der Waals surface area contributed by atoms with Crippen LogP contribution in [0, 0.1) is 0 Å². The SMILES string of the molecule is CCCCc1cnc(CSc2cc3ccccc3[nH]2)cc1N1CCCCC1. The number of nitrogens with zero attached hydrogens (tertiary/aromatic N) is 2. The van der Waals surface area contributed by atoms with Crippen molar-refractivity contribution in [2.45, 2.75) is 56.2 Å². The number of hydrogen-bond acceptors (Lipinski definition) is 3. The van der Waals surface area contributed by atoms with Gasteiger partial charge in [-0.1, -0.05) is 31.5 Å². The first-order valence-electron chi connectivity index (χ1n) is 10.3. The number of nitrogens with one attached hydrogen (secondary N) is 1. The Balaban J connectivity index is 1.51. The molecule has 0 atom stereocenters. The lowest BCUT2D eigenvalue weighted by Gasteiger charge is -2.31. The van der Waals surface area contributed by atoms with Gasteiger partial charge in [-0.3, -0.25) is 4.98 Å². The molecule has 0 unspecified atom stereocenters. The molecule has 3 nitrogen and oxygen atoms in total. The van der Waals surface area contributed by atoms with Crippen LogP contribution >= 0.6 is 11.8 Å². The third kappa shape index (κ3) is 4.49. The molecule has 3 aromatic rings. The van der Waals surface area contributed by atoms with Gasteiger partial charge in [0.15, 0.2) is 0 Å². The van der Waals surface area contributed by atoms with Crippen molar-refractivity contribution in [3.05, 3.63) is 53.9 Å². The van der Waals surface area contributed by atoms with E-state index in [4.69, 9.17) is 4.98 Å². The Hall–Kier alpha value is -1.94. The predicted octanol–water partition coefficient (Wildman–Crippen LogP) is 6.19. The van der Waals surface area contributed by atoms with E-state index in [1.807, 2.05) is 11.8 Å². The normalized spacial score (nSPS) is 14.8. The monoisotopic (exact) mass is 379 g/mol. The average Bonchev–Trinajstić information content (AvgIpc) is 3.14. The second-order valence-electron chi connectivity index (χ2n) is 7.47. The molecule has 0 bridgehead atoms. The molecule has 4 rings (SSSR count). The second kappa shape index (κ2) is 8.83. The smallest absolute Gasteiger partial charge is 0.0736 e. The van der Waals surface area contributed by atoms with Crippen LogP contribution in [-0.4, -0.2) is 23.1 Å². The van der Waals surface area contributed by atoms with Crippen LogP contribution in [0.2, 0.25) is 0 Å². The number of para-hydroxylation sites is 1. The van der Waals surface area contributed by atoms with Crippen molar-refractivity contribution >= 4 is 28.4 Å². The van der Waals surface area contributed by atoms with Crippen molar-refractivity contribution in [3.8, 4) is 0 Å². The number of pyridine rings is 1. The molecule has 4 heteroatoms. The minimum Gasteiger partial charge on any atom is -0.371 e. The first-order valence-corrected chi connectivity index (χ1v) is 11.3. The molecule has 0 aliphatic carbocycles. The fourth-order valence-electron chi connectivity index (χ4n) is 3.86. The summed E-state index contributed by atoms with van der Waals surface area (Å²) in [4.78, 5) is 10.9. The molecular formula is C23H29N3S. The van der Waals surface area contributed by atoms with Gasteiger partial charge in [0.1, 0.15) is 0 Å². The zero-order chi connectivity index (χ0) is 18.5. The Kier molecular flexibility index (Phi) is 6.03. The maximum atomic E-state index is 4.79. The van der Waals surface area contributed by atoms with Gasteiger partial charge in [-0.05, 0) is 55.9 Å². The van der Waals surface area contributed by atoms with Crippen molar-refractivity contribution in [3.63, 3.8) is 0 Å². The molecule has 1 N–H and O–H groups in total. The van der Waals surface area contributed by atoms with Gasteiger partial charge >= 0.3 is 0 Å². The highest BCUT2D eigenvalue weighted by Gasteiger charge is 2.16. The molecule has 0 saturated carbocycles. The van der Waals surface area contributed by atoms with Crippen molar-refractivity contribution in [1.29, 1.82) is 0 Å². The van der Waals surface area contributed by atoms with Crippen LogP contribution in [0.3, 0.4) is 0 Å². The number of piperidine rings is 1. The number of benzene rings is 1. The molecule has 142 valence electrons. The zero-order valence-corrected chi connectivity index (χ0v) is 17.0. The third-order valence-electron chi connectivity index (χ3n) is 5.40. The Bertz CT molecular complexity index is 847. The third-order valence-corrected chi connectivity index (χ3v) is 6.37. The van der Waals surface area contributed by atoms with Gasteiger partial charge in [-0.2, -0.15) is 0 Å². The number of rotatable bonds is 7. The van der Waals surface area contributed by atoms with E-state index in [0.717, 1.165) is 12.2 Å². The van der Waals surface area contributed by atoms with Crippen molar-refractivity contribution in [2.75, 3.05) is 18.0 Å². The average molecular weight is 380 g/mol. The number of aromatic amines is 1.